The quantitative estimate of drug-likeness (QED) is 0.336. The molecule has 2 aliphatic rings. The fourth-order valence-electron chi connectivity index (χ4n) is 1.77. The molecule has 0 saturated heterocycles. The maximum atomic E-state index is 9.45. The zero-order valence-electron chi connectivity index (χ0n) is 15.1. The van der Waals surface area contributed by atoms with Crippen LogP contribution >= 0.6 is 0 Å². The van der Waals surface area contributed by atoms with E-state index in [0.29, 0.717) is 0 Å². The van der Waals surface area contributed by atoms with Gasteiger partial charge in [0.15, 0.2) is 0 Å². The maximum Gasteiger partial charge on any atom is 2.00 e. The SMILES string of the molecule is C1CCCC1.C1CCCC1.CC(=O)NO.CCC.[CH3-].[CH3-].[V+2]. The predicted octanol–water partition coefficient (Wildman–Crippen LogP) is 5.73. The Labute approximate surface area is 146 Å². The molecule has 0 atom stereocenters. The van der Waals surface area contributed by atoms with Gasteiger partial charge in [-0.05, 0) is 0 Å². The van der Waals surface area contributed by atoms with Gasteiger partial charge in [0.05, 0.1) is 0 Å². The van der Waals surface area contributed by atoms with Crippen LogP contribution in [-0.4, -0.2) is 11.1 Å². The number of hydrogen-bond acceptors (Lipinski definition) is 2. The van der Waals surface area contributed by atoms with Crippen molar-refractivity contribution >= 4 is 5.91 Å². The van der Waals surface area contributed by atoms with Crippen molar-refractivity contribution in [3.05, 3.63) is 14.9 Å². The van der Waals surface area contributed by atoms with Crippen molar-refractivity contribution in [2.24, 2.45) is 0 Å². The van der Waals surface area contributed by atoms with Crippen LogP contribution in [0.4, 0.5) is 0 Å². The van der Waals surface area contributed by atoms with Gasteiger partial charge in [-0.3, -0.25) is 10.0 Å². The molecular weight excluding hydrogens is 301 g/mol. The number of rotatable bonds is 0. The largest absolute Gasteiger partial charge is 2.00 e. The first kappa shape index (κ1) is 32.8. The molecule has 0 heterocycles. The number of amides is 1. The molecule has 0 aromatic heterocycles. The molecular formula is C17H39NO2V. The van der Waals surface area contributed by atoms with Crippen LogP contribution in [-0.2, 0) is 23.4 Å². The summed E-state index contributed by atoms with van der Waals surface area (Å²) < 4.78 is 0. The summed E-state index contributed by atoms with van der Waals surface area (Å²) in [6, 6.07) is 0. The second-order valence-corrected chi connectivity index (χ2v) is 4.91. The van der Waals surface area contributed by atoms with E-state index in [1.54, 1.807) is 0 Å². The van der Waals surface area contributed by atoms with E-state index in [1.807, 2.05) is 0 Å². The molecule has 2 saturated carbocycles. The Kier molecular flexibility index (Phi) is 50.2. The van der Waals surface area contributed by atoms with Crippen LogP contribution in [0.3, 0.4) is 0 Å². The van der Waals surface area contributed by atoms with Gasteiger partial charge in [-0.1, -0.05) is 84.5 Å². The van der Waals surface area contributed by atoms with Gasteiger partial charge in [0.2, 0.25) is 5.91 Å². The van der Waals surface area contributed by atoms with Gasteiger partial charge in [0.1, 0.15) is 0 Å². The van der Waals surface area contributed by atoms with E-state index in [2.05, 4.69) is 13.8 Å². The Morgan fingerprint density at radius 2 is 0.905 bits per heavy atom. The molecule has 129 valence electrons. The third kappa shape index (κ3) is 45.0. The summed E-state index contributed by atoms with van der Waals surface area (Å²) >= 11 is 0. The van der Waals surface area contributed by atoms with E-state index in [0.717, 1.165) is 0 Å². The number of nitrogens with one attached hydrogen (secondary N) is 1. The Balaban J connectivity index is -0.0000000526. The Bertz CT molecular complexity index is 134. The molecule has 0 aromatic rings. The fraction of sp³-hybridized carbons (Fsp3) is 0.824. The molecule has 2 fully saturated rings. The van der Waals surface area contributed by atoms with Crippen LogP contribution in [0.1, 0.15) is 91.4 Å². The van der Waals surface area contributed by atoms with Gasteiger partial charge >= 0.3 is 18.6 Å². The molecule has 0 aromatic carbocycles. The smallest absolute Gasteiger partial charge is 0.358 e. The number of hydroxylamine groups is 1. The summed E-state index contributed by atoms with van der Waals surface area (Å²) in [7, 11) is 0. The summed E-state index contributed by atoms with van der Waals surface area (Å²) in [5.41, 5.74) is 1.39. The molecule has 2 N–H and O–H groups in total. The predicted molar refractivity (Wildman–Crippen MR) is 90.6 cm³/mol. The number of carbonyl (C=O) groups excluding carboxylic acids is 1. The second kappa shape index (κ2) is 32.1. The van der Waals surface area contributed by atoms with Gasteiger partial charge < -0.3 is 14.9 Å². The fourth-order valence-corrected chi connectivity index (χ4v) is 1.77. The molecule has 3 nitrogen and oxygen atoms in total. The average molecular weight is 340 g/mol. The Hall–Kier alpha value is 0.0144. The number of hydrogen-bond donors (Lipinski definition) is 2. The first-order valence-corrected chi connectivity index (χ1v) is 7.59. The first-order valence-electron chi connectivity index (χ1n) is 7.59. The van der Waals surface area contributed by atoms with Crippen LogP contribution in [0.2, 0.25) is 0 Å². The monoisotopic (exact) mass is 340 g/mol. The minimum atomic E-state index is -0.440. The summed E-state index contributed by atoms with van der Waals surface area (Å²) in [5.74, 6) is -0.440. The topological polar surface area (TPSA) is 49.3 Å². The van der Waals surface area contributed by atoms with Crippen molar-refractivity contribution in [3.8, 4) is 0 Å². The molecule has 1 amide bonds. The van der Waals surface area contributed by atoms with Gasteiger partial charge in [-0.15, -0.1) is 0 Å². The maximum absolute atomic E-state index is 9.45. The van der Waals surface area contributed by atoms with E-state index in [9.17, 15) is 4.79 Å². The summed E-state index contributed by atoms with van der Waals surface area (Å²) in [4.78, 5) is 9.45. The third-order valence-electron chi connectivity index (χ3n) is 2.66. The zero-order valence-corrected chi connectivity index (χ0v) is 16.5. The number of carbonyl (C=O) groups is 1. The molecule has 4 heteroatoms. The van der Waals surface area contributed by atoms with Gasteiger partial charge in [-0.2, -0.15) is 0 Å². The van der Waals surface area contributed by atoms with E-state index < -0.39 is 5.91 Å². The van der Waals surface area contributed by atoms with E-state index in [1.165, 1.54) is 83.0 Å². The Morgan fingerprint density at radius 3 is 0.952 bits per heavy atom. The molecule has 2 rings (SSSR count). The molecule has 1 radical (unpaired) electrons. The van der Waals surface area contributed by atoms with Crippen molar-refractivity contribution in [2.45, 2.75) is 91.4 Å². The van der Waals surface area contributed by atoms with E-state index >= 15 is 0 Å². The summed E-state index contributed by atoms with van der Waals surface area (Å²) in [6.07, 6.45) is 16.2. The van der Waals surface area contributed by atoms with E-state index in [-0.39, 0.29) is 33.4 Å². The minimum Gasteiger partial charge on any atom is -0.358 e. The molecule has 0 bridgehead atoms. The standard InChI is InChI=1S/2C5H10.C3H8.C2H5NO2.2CH3.V/c2*1-2-4-5-3-1;1-3-2;1-2(4)3-5;;;/h2*1-5H2;3H2,1-2H3;5H,1H3,(H,3,4);2*1H3;/q;;;;2*-1;+2. The minimum absolute atomic E-state index is 0. The van der Waals surface area contributed by atoms with Crippen LogP contribution in [0.15, 0.2) is 0 Å². The van der Waals surface area contributed by atoms with E-state index in [4.69, 9.17) is 5.21 Å². The van der Waals surface area contributed by atoms with Crippen molar-refractivity contribution in [1.29, 1.82) is 0 Å². The van der Waals surface area contributed by atoms with Crippen LogP contribution in [0.5, 0.6) is 0 Å². The molecule has 0 aliphatic heterocycles. The van der Waals surface area contributed by atoms with Crippen molar-refractivity contribution < 1.29 is 28.6 Å². The van der Waals surface area contributed by atoms with Crippen molar-refractivity contribution in [3.63, 3.8) is 0 Å². The summed E-state index contributed by atoms with van der Waals surface area (Å²) in [6.45, 7) is 5.47. The third-order valence-corrected chi connectivity index (χ3v) is 2.66. The van der Waals surface area contributed by atoms with Gasteiger partial charge in [0, 0.05) is 6.92 Å². The van der Waals surface area contributed by atoms with Crippen LogP contribution in [0.25, 0.3) is 0 Å². The van der Waals surface area contributed by atoms with Gasteiger partial charge in [0.25, 0.3) is 0 Å². The van der Waals surface area contributed by atoms with Crippen LogP contribution in [0, 0.1) is 14.9 Å². The second-order valence-electron chi connectivity index (χ2n) is 4.91. The van der Waals surface area contributed by atoms with Crippen molar-refractivity contribution in [1.82, 2.24) is 5.48 Å². The molecule has 2 aliphatic carbocycles. The van der Waals surface area contributed by atoms with Crippen molar-refractivity contribution in [2.75, 3.05) is 0 Å². The molecule has 21 heavy (non-hydrogen) atoms. The molecule has 0 unspecified atom stereocenters. The zero-order chi connectivity index (χ0) is 14.1. The average Bonchev–Trinajstić information content (AvgIpc) is 3.08. The normalized spacial score (nSPS) is 13.9. The van der Waals surface area contributed by atoms with Gasteiger partial charge in [-0.25, -0.2) is 5.48 Å². The summed E-state index contributed by atoms with van der Waals surface area (Å²) in [5, 5.41) is 7.54. The van der Waals surface area contributed by atoms with Crippen LogP contribution < -0.4 is 5.48 Å². The first-order chi connectivity index (χ1) is 8.68. The molecule has 0 spiro atoms. The Morgan fingerprint density at radius 1 is 0.810 bits per heavy atom.